The van der Waals surface area contributed by atoms with Crippen LogP contribution in [-0.4, -0.2) is 105 Å². The SMILES string of the molecule is CCOc1ccccc1N=C([O-])c1cc2ccccc2c(N=Nc2c(C)cc(S(=O)(=O)O)cc2Cl)c1[O-].CCOc1ccccc1NC(=O)c1cc2ccccc2c(N=Nc2c(C)cc(S(=O)(=O)O)cc2Cl)c1O.[Ba+2]. The second-order valence-electron chi connectivity index (χ2n) is 15.9. The summed E-state index contributed by atoms with van der Waals surface area (Å²) in [6, 6.07) is 35.0. The zero-order valence-corrected chi connectivity index (χ0v) is 47.7. The maximum Gasteiger partial charge on any atom is 2.00 e. The predicted molar refractivity (Wildman–Crippen MR) is 284 cm³/mol. The second kappa shape index (κ2) is 25.0. The quantitative estimate of drug-likeness (QED) is 0.0260. The molecule has 75 heavy (non-hydrogen) atoms. The second-order valence-corrected chi connectivity index (χ2v) is 19.5. The standard InChI is InChI=1S/2C26H22ClN3O6S.Ba/c2*1-3-36-22-11-7-6-10-21(22)28-26(32)19-13-16-8-4-5-9-18(16)24(25(19)31)30-29-23-15(2)12-17(14-20(23)27)37(33,34)35;/h2*4-14,31H,3H2,1-2H3,(H,28,32)(H,33,34,35);/q;;+2/p-2. The number of rotatable bonds is 14. The predicted octanol–water partition coefficient (Wildman–Crippen LogP) is 11.8. The number of ether oxygens (including phenoxy) is 2. The third kappa shape index (κ3) is 13.7. The van der Waals surface area contributed by atoms with Crippen molar-refractivity contribution in [2.45, 2.75) is 37.5 Å². The van der Waals surface area contributed by atoms with Crippen LogP contribution in [0, 0.1) is 13.8 Å². The number of para-hydroxylation sites is 4. The molecule has 0 unspecified atom stereocenters. The van der Waals surface area contributed by atoms with E-state index in [1.165, 1.54) is 25.1 Å². The fourth-order valence-electron chi connectivity index (χ4n) is 7.36. The van der Waals surface area contributed by atoms with Gasteiger partial charge in [0.1, 0.15) is 34.2 Å². The van der Waals surface area contributed by atoms with Gasteiger partial charge >= 0.3 is 48.9 Å². The first-order valence-electron chi connectivity index (χ1n) is 22.1. The number of phenols is 1. The number of fused-ring (bicyclic) bond motifs is 2. The molecule has 0 aliphatic heterocycles. The smallest absolute Gasteiger partial charge is 0.871 e. The van der Waals surface area contributed by atoms with Crippen LogP contribution in [0.2, 0.25) is 10.0 Å². The monoisotopic (exact) mass is 1210 g/mol. The third-order valence-corrected chi connectivity index (χ3v) is 13.1. The number of anilines is 1. The first-order chi connectivity index (χ1) is 35.2. The Hall–Kier alpha value is -6.41. The Morgan fingerprint density at radius 1 is 0.613 bits per heavy atom. The van der Waals surface area contributed by atoms with Crippen LogP contribution in [0.15, 0.2) is 169 Å². The fraction of sp³-hybridized carbons (Fsp3) is 0.115. The Kier molecular flexibility index (Phi) is 19.3. The van der Waals surface area contributed by atoms with Crippen LogP contribution in [0.3, 0.4) is 0 Å². The van der Waals surface area contributed by atoms with Crippen molar-refractivity contribution >= 4 is 160 Å². The number of aryl methyl sites for hydroxylation is 2. The molecule has 0 aliphatic carbocycles. The number of hydrogen-bond acceptors (Lipinski definition) is 15. The van der Waals surface area contributed by atoms with Gasteiger partial charge in [-0.05, 0) is 122 Å². The van der Waals surface area contributed by atoms with Gasteiger partial charge in [0.05, 0.1) is 50.0 Å². The molecule has 0 aromatic heterocycles. The van der Waals surface area contributed by atoms with Crippen LogP contribution < -0.4 is 25.0 Å². The maximum absolute atomic E-state index is 13.4. The van der Waals surface area contributed by atoms with Crippen molar-refractivity contribution in [2.75, 3.05) is 18.5 Å². The van der Waals surface area contributed by atoms with E-state index in [-0.39, 0.29) is 103 Å². The zero-order valence-electron chi connectivity index (χ0n) is 40.1. The number of phenolic OH excluding ortho intramolecular Hbond substituents is 1. The summed E-state index contributed by atoms with van der Waals surface area (Å²) in [4.78, 5) is 16.5. The Morgan fingerprint density at radius 2 is 1.05 bits per heavy atom. The van der Waals surface area contributed by atoms with Crippen molar-refractivity contribution in [3.63, 3.8) is 0 Å². The number of hydrogen-bond donors (Lipinski definition) is 4. The number of nitrogens with zero attached hydrogens (tertiary/aromatic N) is 5. The van der Waals surface area contributed by atoms with Crippen LogP contribution >= 0.6 is 23.2 Å². The van der Waals surface area contributed by atoms with Gasteiger partial charge in [0.15, 0.2) is 5.75 Å². The molecule has 0 atom stereocenters. The summed E-state index contributed by atoms with van der Waals surface area (Å²) < 4.78 is 75.5. The van der Waals surface area contributed by atoms with Gasteiger partial charge in [0.25, 0.3) is 26.1 Å². The number of amides is 1. The van der Waals surface area contributed by atoms with Gasteiger partial charge in [-0.1, -0.05) is 102 Å². The summed E-state index contributed by atoms with van der Waals surface area (Å²) in [7, 11) is -8.94. The molecule has 8 rings (SSSR count). The summed E-state index contributed by atoms with van der Waals surface area (Å²) in [5.74, 6) is -1.56. The number of aromatic hydroxyl groups is 1. The topological polar surface area (TPSA) is 284 Å². The molecule has 0 saturated carbocycles. The molecule has 0 fully saturated rings. The number of benzene rings is 8. The van der Waals surface area contributed by atoms with Crippen molar-refractivity contribution < 1.29 is 55.5 Å². The van der Waals surface area contributed by atoms with E-state index in [1.807, 2.05) is 6.92 Å². The molecule has 4 N–H and O–H groups in total. The zero-order chi connectivity index (χ0) is 53.5. The summed E-state index contributed by atoms with van der Waals surface area (Å²) >= 11 is 12.4. The number of nitrogens with one attached hydrogen (secondary N) is 1. The van der Waals surface area contributed by atoms with E-state index in [2.05, 4.69) is 30.8 Å². The largest absolute Gasteiger partial charge is 2.00 e. The minimum absolute atomic E-state index is 0. The molecule has 0 heterocycles. The minimum Gasteiger partial charge on any atom is -0.871 e. The van der Waals surface area contributed by atoms with Gasteiger partial charge in [-0.15, -0.1) is 15.3 Å². The van der Waals surface area contributed by atoms with Crippen LogP contribution in [0.5, 0.6) is 23.0 Å². The van der Waals surface area contributed by atoms with Gasteiger partial charge in [-0.3, -0.25) is 18.9 Å². The van der Waals surface area contributed by atoms with E-state index in [1.54, 1.807) is 117 Å². The molecule has 8 aromatic rings. The van der Waals surface area contributed by atoms with Crippen LogP contribution in [-0.2, 0) is 20.2 Å². The Labute approximate surface area is 481 Å². The summed E-state index contributed by atoms with van der Waals surface area (Å²) in [5, 5.41) is 58.9. The molecule has 23 heteroatoms. The molecule has 1 amide bonds. The van der Waals surface area contributed by atoms with Gasteiger partial charge in [0.2, 0.25) is 0 Å². The third-order valence-electron chi connectivity index (χ3n) is 10.8. The van der Waals surface area contributed by atoms with E-state index in [0.29, 0.717) is 63.1 Å². The van der Waals surface area contributed by atoms with Gasteiger partial charge < -0.3 is 30.1 Å². The molecule has 0 bridgehead atoms. The summed E-state index contributed by atoms with van der Waals surface area (Å²) in [5.41, 5.74) is 1.26. The van der Waals surface area contributed by atoms with Crippen molar-refractivity contribution in [1.82, 2.24) is 0 Å². The molecule has 8 aromatic carbocycles. The molecular weight excluding hydrogens is 1170 g/mol. The number of carbonyl (C=O) groups is 1. The van der Waals surface area contributed by atoms with Gasteiger partial charge in [-0.25, -0.2) is 0 Å². The van der Waals surface area contributed by atoms with Crippen molar-refractivity contribution in [3.8, 4) is 23.0 Å². The van der Waals surface area contributed by atoms with Crippen LogP contribution in [0.25, 0.3) is 21.5 Å². The van der Waals surface area contributed by atoms with Gasteiger partial charge in [-0.2, -0.15) is 21.9 Å². The molecule has 0 spiro atoms. The summed E-state index contributed by atoms with van der Waals surface area (Å²) in [6.45, 7) is 7.49. The summed E-state index contributed by atoms with van der Waals surface area (Å²) in [6.07, 6.45) is 0. The van der Waals surface area contributed by atoms with E-state index >= 15 is 0 Å². The first kappa shape index (κ1) is 57.9. The molecule has 0 saturated heterocycles. The average Bonchev–Trinajstić information content (AvgIpc) is 3.35. The normalized spacial score (nSPS) is 11.9. The number of aliphatic imine (C=N–C) groups is 1. The molecule has 0 aliphatic rings. The van der Waals surface area contributed by atoms with E-state index in [4.69, 9.17) is 32.7 Å². The number of azo groups is 2. The molecule has 18 nitrogen and oxygen atoms in total. The van der Waals surface area contributed by atoms with Crippen molar-refractivity contribution in [1.29, 1.82) is 0 Å². The molecule has 380 valence electrons. The van der Waals surface area contributed by atoms with Crippen LogP contribution in [0.1, 0.15) is 40.9 Å². The van der Waals surface area contributed by atoms with Crippen molar-refractivity contribution in [3.05, 3.63) is 166 Å². The number of halogens is 2. The number of carbonyl (C=O) groups excluding carboxylic acids is 1. The maximum atomic E-state index is 13.4. The Morgan fingerprint density at radius 3 is 1.59 bits per heavy atom. The van der Waals surface area contributed by atoms with E-state index in [0.717, 1.165) is 12.1 Å². The average molecular weight is 1220 g/mol. The van der Waals surface area contributed by atoms with Crippen LogP contribution in [0.4, 0.5) is 34.1 Å². The Balaban J connectivity index is 0.000000241. The van der Waals surface area contributed by atoms with Crippen molar-refractivity contribution in [2.24, 2.45) is 25.4 Å². The van der Waals surface area contributed by atoms with E-state index < -0.39 is 48.4 Å². The van der Waals surface area contributed by atoms with Gasteiger partial charge in [0, 0.05) is 10.8 Å². The van der Waals surface area contributed by atoms with E-state index in [9.17, 15) is 46.1 Å². The molecule has 0 radical (unpaired) electrons. The minimum atomic E-state index is -4.48. The molecular formula is C52H42BaCl2N6O12S2. The first-order valence-corrected chi connectivity index (χ1v) is 25.7. The Bertz CT molecular complexity index is 3780. The fourth-order valence-corrected chi connectivity index (χ4v) is 9.28.